The van der Waals surface area contributed by atoms with Crippen LogP contribution in [0.3, 0.4) is 0 Å². The van der Waals surface area contributed by atoms with Crippen LogP contribution in [-0.4, -0.2) is 74.2 Å². The fraction of sp³-hybridized carbons (Fsp3) is 0.312. The zero-order chi connectivity index (χ0) is 28.8. The fourth-order valence-corrected chi connectivity index (χ4v) is 6.44. The van der Waals surface area contributed by atoms with E-state index in [1.807, 2.05) is 0 Å². The number of aliphatic hydroxyl groups is 2. The molecule has 3 aromatic rings. The van der Waals surface area contributed by atoms with Crippen molar-refractivity contribution < 1.29 is 65.8 Å². The zero-order valence-electron chi connectivity index (χ0n) is 18.9. The number of nitrogens with one attached hydrogen (secondary N) is 2. The molecule has 1 aliphatic rings. The van der Waals surface area contributed by atoms with Crippen LogP contribution in [0.15, 0.2) is 35.4 Å². The number of aliphatic hydroxyl groups excluding tert-OH is 2. The maximum atomic E-state index is 13.2. The highest BCUT2D eigenvalue weighted by Crippen LogP contribution is 2.66. The van der Waals surface area contributed by atoms with Crippen molar-refractivity contribution in [3.8, 4) is 0 Å². The van der Waals surface area contributed by atoms with Gasteiger partial charge in [-0.2, -0.15) is 13.6 Å². The van der Waals surface area contributed by atoms with Crippen LogP contribution in [0.4, 0.5) is 16.0 Å². The van der Waals surface area contributed by atoms with Gasteiger partial charge in [0.1, 0.15) is 24.1 Å². The normalized spacial score (nSPS) is 24.9. The first kappa shape index (κ1) is 29.6. The van der Waals surface area contributed by atoms with Gasteiger partial charge in [0, 0.05) is 5.69 Å². The van der Waals surface area contributed by atoms with Crippen LogP contribution >= 0.6 is 23.5 Å². The minimum absolute atomic E-state index is 0.0990. The third-order valence-electron chi connectivity index (χ3n) is 4.97. The summed E-state index contributed by atoms with van der Waals surface area (Å²) >= 11 is 0. The van der Waals surface area contributed by atoms with E-state index in [9.17, 15) is 42.9 Å². The lowest BCUT2D eigenvalue weighted by molar-refractivity contribution is -0.0503. The van der Waals surface area contributed by atoms with Gasteiger partial charge < -0.3 is 39.8 Å². The molecule has 2 unspecified atom stereocenters. The second-order valence-electron chi connectivity index (χ2n) is 7.80. The average Bonchev–Trinajstić information content (AvgIpc) is 3.33. The summed E-state index contributed by atoms with van der Waals surface area (Å²) in [4.78, 5) is 58.9. The first-order valence-corrected chi connectivity index (χ1v) is 14.9. The number of nitrogens with zero attached hydrogens (tertiary/aromatic N) is 3. The van der Waals surface area contributed by atoms with Crippen LogP contribution in [0.25, 0.3) is 11.2 Å². The van der Waals surface area contributed by atoms with E-state index in [0.29, 0.717) is 5.69 Å². The standard InChI is InChI=1S/C16H19FN5O14P3/c17-7-1-3-8(4-2-7)19-16-20-13-10(14(25)21-16)18-6-22(13)15-12(24)11(23)9(34-15)5-33-38(29,30)36-39(31,32)35-37(26,27)28/h1-4,6,9,11-12,15,23-24H,5H2,(H,29,30)(H,31,32)(H2,26,27,28)(H2,19,20,21,25)/t9-,11-,12-,15-/m1/s1. The summed E-state index contributed by atoms with van der Waals surface area (Å²) in [6, 6.07) is 5.07. The summed E-state index contributed by atoms with van der Waals surface area (Å²) in [5.74, 6) is -0.595. The number of hydrogen-bond donors (Lipinski definition) is 8. The van der Waals surface area contributed by atoms with Crippen LogP contribution in [0.5, 0.6) is 0 Å². The van der Waals surface area contributed by atoms with Gasteiger partial charge >= 0.3 is 23.5 Å². The number of phosphoric ester groups is 1. The number of aromatic nitrogens is 4. The molecule has 0 radical (unpaired) electrons. The molecule has 1 aromatic carbocycles. The average molecular weight is 617 g/mol. The summed E-state index contributed by atoms with van der Waals surface area (Å²) in [6.45, 7) is -1.05. The zero-order valence-corrected chi connectivity index (χ0v) is 21.6. The molecule has 0 amide bonds. The third-order valence-corrected chi connectivity index (χ3v) is 8.77. The molecule has 19 nitrogen and oxygen atoms in total. The summed E-state index contributed by atoms with van der Waals surface area (Å²) < 4.78 is 65.4. The number of aromatic amines is 1. The SMILES string of the molecule is O=c1[nH]c(Nc2ccc(F)cc2)nc2c1ncn2[C@@H]1O[C@H](COP(=O)(O)OP(=O)(O)OP(=O)(O)O)[C@@H](O)[C@H]1O. The maximum Gasteiger partial charge on any atom is 0.490 e. The molecular formula is C16H19FN5O14P3. The van der Waals surface area contributed by atoms with Gasteiger partial charge in [-0.1, -0.05) is 0 Å². The summed E-state index contributed by atoms with van der Waals surface area (Å²) in [5.41, 5.74) is -0.667. The molecule has 0 saturated carbocycles. The molecule has 8 N–H and O–H groups in total. The second-order valence-corrected chi connectivity index (χ2v) is 12.2. The number of phosphoric acid groups is 3. The number of halogens is 1. The Morgan fingerprint density at radius 1 is 1.05 bits per heavy atom. The predicted molar refractivity (Wildman–Crippen MR) is 124 cm³/mol. The lowest BCUT2D eigenvalue weighted by atomic mass is 10.1. The quantitative estimate of drug-likeness (QED) is 0.139. The van der Waals surface area contributed by atoms with E-state index in [4.69, 9.17) is 14.5 Å². The maximum absolute atomic E-state index is 13.2. The van der Waals surface area contributed by atoms with Gasteiger partial charge in [0.05, 0.1) is 12.9 Å². The number of rotatable bonds is 10. The number of ether oxygens (including phenoxy) is 1. The van der Waals surface area contributed by atoms with Crippen molar-refractivity contribution in [2.75, 3.05) is 11.9 Å². The van der Waals surface area contributed by atoms with Gasteiger partial charge in [-0.3, -0.25) is 18.9 Å². The molecule has 0 aliphatic carbocycles. The molecular weight excluding hydrogens is 598 g/mol. The smallest absolute Gasteiger partial charge is 0.387 e. The van der Waals surface area contributed by atoms with Crippen molar-refractivity contribution in [2.24, 2.45) is 0 Å². The van der Waals surface area contributed by atoms with E-state index in [1.165, 1.54) is 12.1 Å². The molecule has 3 heterocycles. The fourth-order valence-electron chi connectivity index (χ4n) is 3.41. The molecule has 39 heavy (non-hydrogen) atoms. The van der Waals surface area contributed by atoms with Crippen LogP contribution in [0.1, 0.15) is 6.23 Å². The Morgan fingerprint density at radius 3 is 2.36 bits per heavy atom. The van der Waals surface area contributed by atoms with Gasteiger partial charge in [-0.15, -0.1) is 0 Å². The third kappa shape index (κ3) is 7.22. The number of fused-ring (bicyclic) bond motifs is 1. The molecule has 0 spiro atoms. The van der Waals surface area contributed by atoms with E-state index in [2.05, 4.69) is 33.4 Å². The molecule has 23 heteroatoms. The lowest BCUT2D eigenvalue weighted by Gasteiger charge is -2.19. The Labute approximate surface area is 215 Å². The van der Waals surface area contributed by atoms with Crippen LogP contribution < -0.4 is 10.9 Å². The summed E-state index contributed by atoms with van der Waals surface area (Å²) in [5, 5.41) is 23.6. The number of H-pyrrole nitrogens is 1. The monoisotopic (exact) mass is 617 g/mol. The molecule has 0 bridgehead atoms. The Hall–Kier alpha value is -2.41. The van der Waals surface area contributed by atoms with Crippen molar-refractivity contribution in [1.29, 1.82) is 0 Å². The van der Waals surface area contributed by atoms with Crippen molar-refractivity contribution in [2.45, 2.75) is 24.5 Å². The minimum Gasteiger partial charge on any atom is -0.387 e. The molecule has 6 atom stereocenters. The van der Waals surface area contributed by atoms with Gasteiger partial charge in [-0.25, -0.2) is 23.1 Å². The van der Waals surface area contributed by atoms with Crippen molar-refractivity contribution >= 4 is 46.3 Å². The first-order valence-electron chi connectivity index (χ1n) is 10.3. The van der Waals surface area contributed by atoms with Crippen molar-refractivity contribution in [1.82, 2.24) is 19.5 Å². The highest BCUT2D eigenvalue weighted by Gasteiger charge is 2.47. The molecule has 1 saturated heterocycles. The van der Waals surface area contributed by atoms with E-state index >= 15 is 0 Å². The number of anilines is 2. The van der Waals surface area contributed by atoms with Crippen LogP contribution in [-0.2, 0) is 31.6 Å². The predicted octanol–water partition coefficient (Wildman–Crippen LogP) is -0.0352. The van der Waals surface area contributed by atoms with Gasteiger partial charge in [0.15, 0.2) is 17.4 Å². The first-order chi connectivity index (χ1) is 18.0. The minimum atomic E-state index is -5.77. The van der Waals surface area contributed by atoms with E-state index in [0.717, 1.165) is 23.0 Å². The largest absolute Gasteiger partial charge is 0.490 e. The van der Waals surface area contributed by atoms with Crippen LogP contribution in [0.2, 0.25) is 0 Å². The second kappa shape index (κ2) is 10.9. The van der Waals surface area contributed by atoms with Crippen molar-refractivity contribution in [3.05, 3.63) is 46.8 Å². The van der Waals surface area contributed by atoms with E-state index in [-0.39, 0.29) is 17.1 Å². The van der Waals surface area contributed by atoms with Gasteiger partial charge in [0.2, 0.25) is 5.95 Å². The van der Waals surface area contributed by atoms with Crippen molar-refractivity contribution in [3.63, 3.8) is 0 Å². The molecule has 214 valence electrons. The van der Waals surface area contributed by atoms with E-state index < -0.39 is 66.0 Å². The highest BCUT2D eigenvalue weighted by molar-refractivity contribution is 7.66. The highest BCUT2D eigenvalue weighted by atomic mass is 31.3. The molecule has 1 fully saturated rings. The Bertz CT molecular complexity index is 1560. The molecule has 2 aromatic heterocycles. The van der Waals surface area contributed by atoms with Crippen LogP contribution in [0, 0.1) is 5.82 Å². The molecule has 1 aliphatic heterocycles. The van der Waals surface area contributed by atoms with Gasteiger partial charge in [-0.05, 0) is 24.3 Å². The Morgan fingerprint density at radius 2 is 1.72 bits per heavy atom. The van der Waals surface area contributed by atoms with Gasteiger partial charge in [0.25, 0.3) is 5.56 Å². The summed E-state index contributed by atoms with van der Waals surface area (Å²) in [6.07, 6.45) is -5.54. The number of imidazole rings is 1. The summed E-state index contributed by atoms with van der Waals surface area (Å²) in [7, 11) is -16.9. The number of benzene rings is 1. The lowest BCUT2D eigenvalue weighted by Crippen LogP contribution is -2.33. The van der Waals surface area contributed by atoms with E-state index in [1.54, 1.807) is 0 Å². The number of hydrogen-bond acceptors (Lipinski definition) is 13. The Kier molecular flexibility index (Phi) is 8.24. The topological polar surface area (TPSA) is 285 Å². The Balaban J connectivity index is 1.50. The molecule has 4 rings (SSSR count).